The number of nitrogens with zero attached hydrogens (tertiary/aromatic N) is 2. The molecule has 1 saturated heterocycles. The fraction of sp³-hybridized carbons (Fsp3) is 0.556. The zero-order chi connectivity index (χ0) is 18.2. The average Bonchev–Trinajstić information content (AvgIpc) is 2.64. The minimum Gasteiger partial charge on any atom is -0.493 e. The Kier molecular flexibility index (Phi) is 7.06. The number of nitrogens with one attached hydrogen (secondary N) is 1. The Balaban J connectivity index is 1.71. The first-order valence-corrected chi connectivity index (χ1v) is 8.50. The van der Waals surface area contributed by atoms with Crippen molar-refractivity contribution in [2.75, 3.05) is 46.9 Å². The van der Waals surface area contributed by atoms with Crippen LogP contribution in [0.1, 0.15) is 18.9 Å². The second kappa shape index (κ2) is 9.27. The smallest absolute Gasteiger partial charge is 0.223 e. The summed E-state index contributed by atoms with van der Waals surface area (Å²) in [5.41, 5.74) is 1.07. The third kappa shape index (κ3) is 5.35. The van der Waals surface area contributed by atoms with Gasteiger partial charge in [-0.25, -0.2) is 0 Å². The SMILES string of the molecule is COc1ccc(CNCCC(=O)N2CCN(C(C)=O)CC2)cc1OC. The maximum absolute atomic E-state index is 12.2. The van der Waals surface area contributed by atoms with Gasteiger partial charge in [-0.05, 0) is 17.7 Å². The van der Waals surface area contributed by atoms with Crippen molar-refractivity contribution in [3.8, 4) is 11.5 Å². The fourth-order valence-electron chi connectivity index (χ4n) is 2.85. The van der Waals surface area contributed by atoms with Crippen LogP contribution in [0.5, 0.6) is 11.5 Å². The van der Waals surface area contributed by atoms with Gasteiger partial charge in [-0.15, -0.1) is 0 Å². The summed E-state index contributed by atoms with van der Waals surface area (Å²) in [5, 5.41) is 3.28. The molecule has 0 bridgehead atoms. The molecular formula is C18H27N3O4. The molecular weight excluding hydrogens is 322 g/mol. The van der Waals surface area contributed by atoms with Gasteiger partial charge < -0.3 is 24.6 Å². The summed E-state index contributed by atoms with van der Waals surface area (Å²) in [5.74, 6) is 1.60. The van der Waals surface area contributed by atoms with Gasteiger partial charge in [0.2, 0.25) is 11.8 Å². The number of hydrogen-bond acceptors (Lipinski definition) is 5. The molecule has 0 spiro atoms. The zero-order valence-corrected chi connectivity index (χ0v) is 15.2. The number of piperazine rings is 1. The molecule has 0 aliphatic carbocycles. The molecule has 2 rings (SSSR count). The van der Waals surface area contributed by atoms with Crippen molar-refractivity contribution in [3.63, 3.8) is 0 Å². The first-order chi connectivity index (χ1) is 12.0. The van der Waals surface area contributed by atoms with Crippen molar-refractivity contribution in [2.45, 2.75) is 19.9 Å². The fourth-order valence-corrected chi connectivity index (χ4v) is 2.85. The Hall–Kier alpha value is -2.28. The van der Waals surface area contributed by atoms with Gasteiger partial charge in [0.15, 0.2) is 11.5 Å². The number of rotatable bonds is 7. The Bertz CT molecular complexity index is 598. The van der Waals surface area contributed by atoms with Crippen LogP contribution in [-0.4, -0.2) is 68.6 Å². The van der Waals surface area contributed by atoms with Crippen molar-refractivity contribution in [3.05, 3.63) is 23.8 Å². The normalized spacial score (nSPS) is 14.4. The molecule has 1 aromatic carbocycles. The predicted molar refractivity (Wildman–Crippen MR) is 94.7 cm³/mol. The first-order valence-electron chi connectivity index (χ1n) is 8.50. The van der Waals surface area contributed by atoms with E-state index < -0.39 is 0 Å². The summed E-state index contributed by atoms with van der Waals surface area (Å²) < 4.78 is 10.5. The lowest BCUT2D eigenvalue weighted by Crippen LogP contribution is -2.50. The molecule has 1 N–H and O–H groups in total. The number of hydrogen-bond donors (Lipinski definition) is 1. The van der Waals surface area contributed by atoms with Crippen LogP contribution in [0.15, 0.2) is 18.2 Å². The minimum absolute atomic E-state index is 0.0729. The summed E-state index contributed by atoms with van der Waals surface area (Å²) in [6.07, 6.45) is 0.452. The van der Waals surface area contributed by atoms with Gasteiger partial charge in [0.25, 0.3) is 0 Å². The third-order valence-corrected chi connectivity index (χ3v) is 4.37. The molecule has 1 aromatic rings. The van der Waals surface area contributed by atoms with E-state index in [1.165, 1.54) is 0 Å². The number of carbonyl (C=O) groups excluding carboxylic acids is 2. The van der Waals surface area contributed by atoms with Crippen LogP contribution in [0.3, 0.4) is 0 Å². The summed E-state index contributed by atoms with van der Waals surface area (Å²) in [6, 6.07) is 5.77. The van der Waals surface area contributed by atoms with E-state index in [1.54, 1.807) is 26.0 Å². The summed E-state index contributed by atoms with van der Waals surface area (Å²) in [6.45, 7) is 5.32. The summed E-state index contributed by atoms with van der Waals surface area (Å²) in [4.78, 5) is 27.1. The lowest BCUT2D eigenvalue weighted by Gasteiger charge is -2.34. The van der Waals surface area contributed by atoms with E-state index in [-0.39, 0.29) is 11.8 Å². The van der Waals surface area contributed by atoms with E-state index >= 15 is 0 Å². The molecule has 0 unspecified atom stereocenters. The van der Waals surface area contributed by atoms with Crippen LogP contribution in [0.25, 0.3) is 0 Å². The first kappa shape index (κ1) is 19.1. The number of benzene rings is 1. The molecule has 0 aromatic heterocycles. The quantitative estimate of drug-likeness (QED) is 0.740. The zero-order valence-electron chi connectivity index (χ0n) is 15.2. The highest BCUT2D eigenvalue weighted by molar-refractivity contribution is 5.77. The highest BCUT2D eigenvalue weighted by Gasteiger charge is 2.21. The van der Waals surface area contributed by atoms with E-state index in [9.17, 15) is 9.59 Å². The second-order valence-corrected chi connectivity index (χ2v) is 6.00. The molecule has 0 atom stereocenters. The highest BCUT2D eigenvalue weighted by Crippen LogP contribution is 2.27. The molecule has 2 amide bonds. The molecule has 0 radical (unpaired) electrons. The number of methoxy groups -OCH3 is 2. The van der Waals surface area contributed by atoms with Gasteiger partial charge in [-0.3, -0.25) is 9.59 Å². The van der Waals surface area contributed by atoms with Crippen molar-refractivity contribution >= 4 is 11.8 Å². The number of ether oxygens (including phenoxy) is 2. The number of carbonyl (C=O) groups is 2. The van der Waals surface area contributed by atoms with Crippen LogP contribution >= 0.6 is 0 Å². The van der Waals surface area contributed by atoms with Gasteiger partial charge in [0, 0.05) is 52.6 Å². The maximum Gasteiger partial charge on any atom is 0.223 e. The minimum atomic E-state index is 0.0729. The topological polar surface area (TPSA) is 71.1 Å². The van der Waals surface area contributed by atoms with E-state index in [4.69, 9.17) is 9.47 Å². The molecule has 7 heteroatoms. The third-order valence-electron chi connectivity index (χ3n) is 4.37. The van der Waals surface area contributed by atoms with Crippen LogP contribution in [0.2, 0.25) is 0 Å². The van der Waals surface area contributed by atoms with Crippen molar-refractivity contribution in [1.29, 1.82) is 0 Å². The van der Waals surface area contributed by atoms with E-state index in [0.717, 1.165) is 5.56 Å². The van der Waals surface area contributed by atoms with Gasteiger partial charge in [-0.1, -0.05) is 6.07 Å². The van der Waals surface area contributed by atoms with Crippen LogP contribution in [0.4, 0.5) is 0 Å². The predicted octanol–water partition coefficient (Wildman–Crippen LogP) is 0.874. The van der Waals surface area contributed by atoms with Crippen molar-refractivity contribution < 1.29 is 19.1 Å². The van der Waals surface area contributed by atoms with Gasteiger partial charge >= 0.3 is 0 Å². The van der Waals surface area contributed by atoms with Crippen LogP contribution in [-0.2, 0) is 16.1 Å². The van der Waals surface area contributed by atoms with E-state index in [1.807, 2.05) is 23.1 Å². The molecule has 1 fully saturated rings. The molecule has 1 heterocycles. The highest BCUT2D eigenvalue weighted by atomic mass is 16.5. The van der Waals surface area contributed by atoms with E-state index in [2.05, 4.69) is 5.32 Å². The summed E-state index contributed by atoms with van der Waals surface area (Å²) in [7, 11) is 3.22. The Morgan fingerprint density at radius 3 is 2.28 bits per heavy atom. The van der Waals surface area contributed by atoms with Crippen molar-refractivity contribution in [2.24, 2.45) is 0 Å². The summed E-state index contributed by atoms with van der Waals surface area (Å²) >= 11 is 0. The molecule has 25 heavy (non-hydrogen) atoms. The number of amides is 2. The monoisotopic (exact) mass is 349 g/mol. The maximum atomic E-state index is 12.2. The van der Waals surface area contributed by atoms with Crippen LogP contribution in [0, 0.1) is 0 Å². The lowest BCUT2D eigenvalue weighted by molar-refractivity contribution is -0.138. The van der Waals surface area contributed by atoms with Gasteiger partial charge in [-0.2, -0.15) is 0 Å². The van der Waals surface area contributed by atoms with Crippen molar-refractivity contribution in [1.82, 2.24) is 15.1 Å². The van der Waals surface area contributed by atoms with E-state index in [0.29, 0.717) is 57.2 Å². The van der Waals surface area contributed by atoms with Gasteiger partial charge in [0.05, 0.1) is 14.2 Å². The standard InChI is InChI=1S/C18H27N3O4/c1-14(22)20-8-10-21(11-9-20)18(23)6-7-19-13-15-4-5-16(24-2)17(12-15)25-3/h4-5,12,19H,6-11,13H2,1-3H3. The molecule has 1 aliphatic heterocycles. The second-order valence-electron chi connectivity index (χ2n) is 6.00. The Morgan fingerprint density at radius 1 is 1.04 bits per heavy atom. The average molecular weight is 349 g/mol. The molecule has 1 aliphatic rings. The Morgan fingerprint density at radius 2 is 1.68 bits per heavy atom. The van der Waals surface area contributed by atoms with Crippen LogP contribution < -0.4 is 14.8 Å². The molecule has 0 saturated carbocycles. The lowest BCUT2D eigenvalue weighted by atomic mass is 10.2. The Labute approximate surface area is 148 Å². The molecule has 138 valence electrons. The molecule has 7 nitrogen and oxygen atoms in total. The van der Waals surface area contributed by atoms with Gasteiger partial charge in [0.1, 0.15) is 0 Å². The largest absolute Gasteiger partial charge is 0.493 e.